The molecule has 0 aliphatic carbocycles. The SMILES string of the molecule is CC(=O)NC[C@@H](CCC#N)N(Cc1ccccc1)Cc1ccccc1. The summed E-state index contributed by atoms with van der Waals surface area (Å²) in [6.07, 6.45) is 1.21. The molecule has 1 atom stereocenters. The molecular formula is C21H25N3O. The lowest BCUT2D eigenvalue weighted by molar-refractivity contribution is -0.119. The Morgan fingerprint density at radius 1 is 1.04 bits per heavy atom. The Bertz CT molecular complexity index is 638. The maximum atomic E-state index is 11.4. The van der Waals surface area contributed by atoms with E-state index in [9.17, 15) is 4.79 Å². The zero-order valence-corrected chi connectivity index (χ0v) is 14.7. The normalized spacial score (nSPS) is 11.7. The third-order valence-electron chi connectivity index (χ3n) is 4.15. The van der Waals surface area contributed by atoms with Crippen molar-refractivity contribution in [3.8, 4) is 6.07 Å². The summed E-state index contributed by atoms with van der Waals surface area (Å²) >= 11 is 0. The predicted molar refractivity (Wildman–Crippen MR) is 99.4 cm³/mol. The second-order valence-electron chi connectivity index (χ2n) is 6.16. The summed E-state index contributed by atoms with van der Waals surface area (Å²) in [6, 6.07) is 22.9. The van der Waals surface area contributed by atoms with Gasteiger partial charge in [0.15, 0.2) is 0 Å². The van der Waals surface area contributed by atoms with Gasteiger partial charge in [0, 0.05) is 39.0 Å². The lowest BCUT2D eigenvalue weighted by Crippen LogP contribution is -2.42. The average Bonchev–Trinajstić information content (AvgIpc) is 2.63. The quantitative estimate of drug-likeness (QED) is 0.763. The van der Waals surface area contributed by atoms with Gasteiger partial charge in [0.25, 0.3) is 0 Å². The summed E-state index contributed by atoms with van der Waals surface area (Å²) in [5, 5.41) is 11.9. The van der Waals surface area contributed by atoms with Crippen molar-refractivity contribution in [2.24, 2.45) is 0 Å². The molecule has 2 rings (SSSR count). The van der Waals surface area contributed by atoms with Gasteiger partial charge < -0.3 is 5.32 Å². The van der Waals surface area contributed by atoms with Crippen molar-refractivity contribution in [3.63, 3.8) is 0 Å². The van der Waals surface area contributed by atoms with Crippen molar-refractivity contribution in [3.05, 3.63) is 71.8 Å². The van der Waals surface area contributed by atoms with E-state index in [1.807, 2.05) is 36.4 Å². The van der Waals surface area contributed by atoms with E-state index in [1.165, 1.54) is 18.1 Å². The van der Waals surface area contributed by atoms with Crippen LogP contribution in [0.15, 0.2) is 60.7 Å². The first-order valence-electron chi connectivity index (χ1n) is 8.62. The van der Waals surface area contributed by atoms with Crippen LogP contribution < -0.4 is 5.32 Å². The van der Waals surface area contributed by atoms with Crippen LogP contribution in [0.4, 0.5) is 0 Å². The number of nitriles is 1. The molecule has 25 heavy (non-hydrogen) atoms. The van der Waals surface area contributed by atoms with Gasteiger partial charge in [-0.2, -0.15) is 5.26 Å². The molecule has 0 aliphatic rings. The van der Waals surface area contributed by atoms with E-state index in [2.05, 4.69) is 40.6 Å². The van der Waals surface area contributed by atoms with E-state index in [4.69, 9.17) is 5.26 Å². The minimum absolute atomic E-state index is 0.0404. The third kappa shape index (κ3) is 6.78. The fourth-order valence-corrected chi connectivity index (χ4v) is 2.86. The highest BCUT2D eigenvalue weighted by Crippen LogP contribution is 2.16. The topological polar surface area (TPSA) is 56.1 Å². The molecule has 0 aliphatic heterocycles. The van der Waals surface area contributed by atoms with E-state index < -0.39 is 0 Å². The van der Waals surface area contributed by atoms with Crippen molar-refractivity contribution < 1.29 is 4.79 Å². The van der Waals surface area contributed by atoms with Gasteiger partial charge in [-0.1, -0.05) is 60.7 Å². The first-order valence-corrected chi connectivity index (χ1v) is 8.62. The fraction of sp³-hybridized carbons (Fsp3) is 0.333. The van der Waals surface area contributed by atoms with Crippen LogP contribution in [0.5, 0.6) is 0 Å². The first-order chi connectivity index (χ1) is 12.2. The van der Waals surface area contributed by atoms with Gasteiger partial charge in [-0.25, -0.2) is 0 Å². The number of benzene rings is 2. The Balaban J connectivity index is 2.18. The summed E-state index contributed by atoms with van der Waals surface area (Å²) in [4.78, 5) is 13.7. The van der Waals surface area contributed by atoms with Gasteiger partial charge in [-0.3, -0.25) is 9.69 Å². The zero-order valence-electron chi connectivity index (χ0n) is 14.7. The first kappa shape index (κ1) is 18.7. The Labute approximate surface area is 150 Å². The minimum atomic E-state index is -0.0404. The molecule has 4 heteroatoms. The molecule has 0 aromatic heterocycles. The summed E-state index contributed by atoms with van der Waals surface area (Å²) in [5.41, 5.74) is 2.45. The molecular weight excluding hydrogens is 310 g/mol. The van der Waals surface area contributed by atoms with Gasteiger partial charge in [-0.15, -0.1) is 0 Å². The van der Waals surface area contributed by atoms with Crippen LogP contribution in [0.2, 0.25) is 0 Å². The molecule has 0 saturated heterocycles. The second kappa shape index (κ2) is 10.3. The maximum Gasteiger partial charge on any atom is 0.216 e. The van der Waals surface area contributed by atoms with Crippen LogP contribution in [-0.2, 0) is 17.9 Å². The number of hydrogen-bond donors (Lipinski definition) is 1. The summed E-state index contributed by atoms with van der Waals surface area (Å²) < 4.78 is 0. The molecule has 2 aromatic carbocycles. The number of amides is 1. The van der Waals surface area contributed by atoms with Crippen LogP contribution in [-0.4, -0.2) is 23.4 Å². The van der Waals surface area contributed by atoms with Gasteiger partial charge in [-0.05, 0) is 17.5 Å². The highest BCUT2D eigenvalue weighted by atomic mass is 16.1. The Morgan fingerprint density at radius 3 is 2.00 bits per heavy atom. The lowest BCUT2D eigenvalue weighted by atomic mass is 10.1. The molecule has 0 fully saturated rings. The van der Waals surface area contributed by atoms with E-state index in [0.29, 0.717) is 13.0 Å². The molecule has 0 saturated carbocycles. The molecule has 1 N–H and O–H groups in total. The Morgan fingerprint density at radius 2 is 1.56 bits per heavy atom. The third-order valence-corrected chi connectivity index (χ3v) is 4.15. The molecule has 0 spiro atoms. The highest BCUT2D eigenvalue weighted by molar-refractivity contribution is 5.72. The average molecular weight is 335 g/mol. The van der Waals surface area contributed by atoms with E-state index >= 15 is 0 Å². The fourth-order valence-electron chi connectivity index (χ4n) is 2.86. The standard InChI is InChI=1S/C21H25N3O/c1-18(25)23-15-21(13-8-14-22)24(16-19-9-4-2-5-10-19)17-20-11-6-3-7-12-20/h2-7,9-12,21H,8,13,15-17H2,1H3,(H,23,25)/t21-/m1/s1. The molecule has 2 aromatic rings. The number of rotatable bonds is 9. The molecule has 130 valence electrons. The van der Waals surface area contributed by atoms with E-state index in [0.717, 1.165) is 19.5 Å². The van der Waals surface area contributed by atoms with Gasteiger partial charge in [0.05, 0.1) is 6.07 Å². The number of hydrogen-bond acceptors (Lipinski definition) is 3. The van der Waals surface area contributed by atoms with Crippen LogP contribution >= 0.6 is 0 Å². The lowest BCUT2D eigenvalue weighted by Gasteiger charge is -2.32. The number of nitrogens with zero attached hydrogens (tertiary/aromatic N) is 2. The van der Waals surface area contributed by atoms with Crippen molar-refractivity contribution in [1.29, 1.82) is 5.26 Å². The van der Waals surface area contributed by atoms with Gasteiger partial charge >= 0.3 is 0 Å². The smallest absolute Gasteiger partial charge is 0.216 e. The van der Waals surface area contributed by atoms with Gasteiger partial charge in [0.1, 0.15) is 0 Å². The number of carbonyl (C=O) groups excluding carboxylic acids is 1. The molecule has 0 radical (unpaired) electrons. The van der Waals surface area contributed by atoms with Crippen molar-refractivity contribution >= 4 is 5.91 Å². The molecule has 1 amide bonds. The number of carbonyl (C=O) groups is 1. The van der Waals surface area contributed by atoms with Crippen LogP contribution in [0.1, 0.15) is 30.9 Å². The maximum absolute atomic E-state index is 11.4. The molecule has 0 unspecified atom stereocenters. The van der Waals surface area contributed by atoms with Crippen LogP contribution in [0.25, 0.3) is 0 Å². The van der Waals surface area contributed by atoms with Crippen LogP contribution in [0.3, 0.4) is 0 Å². The minimum Gasteiger partial charge on any atom is -0.355 e. The largest absolute Gasteiger partial charge is 0.355 e. The molecule has 4 nitrogen and oxygen atoms in total. The predicted octanol–water partition coefficient (Wildman–Crippen LogP) is 3.50. The second-order valence-corrected chi connectivity index (χ2v) is 6.16. The Kier molecular flexibility index (Phi) is 7.68. The van der Waals surface area contributed by atoms with Gasteiger partial charge in [0.2, 0.25) is 5.91 Å². The number of nitrogens with one attached hydrogen (secondary N) is 1. The summed E-state index contributed by atoms with van der Waals surface area (Å²) in [5.74, 6) is -0.0404. The van der Waals surface area contributed by atoms with E-state index in [-0.39, 0.29) is 11.9 Å². The van der Waals surface area contributed by atoms with Crippen molar-refractivity contribution in [1.82, 2.24) is 10.2 Å². The summed E-state index contributed by atoms with van der Waals surface area (Å²) in [6.45, 7) is 3.65. The molecule has 0 heterocycles. The van der Waals surface area contributed by atoms with Crippen LogP contribution in [0, 0.1) is 11.3 Å². The zero-order chi connectivity index (χ0) is 17.9. The Hall–Kier alpha value is -2.64. The molecule has 0 bridgehead atoms. The monoisotopic (exact) mass is 335 g/mol. The van der Waals surface area contributed by atoms with Crippen molar-refractivity contribution in [2.75, 3.05) is 6.54 Å². The highest BCUT2D eigenvalue weighted by Gasteiger charge is 2.19. The van der Waals surface area contributed by atoms with E-state index in [1.54, 1.807) is 0 Å². The van der Waals surface area contributed by atoms with Crippen molar-refractivity contribution in [2.45, 2.75) is 38.9 Å². The summed E-state index contributed by atoms with van der Waals surface area (Å²) in [7, 11) is 0.